The molecule has 0 bridgehead atoms. The Morgan fingerprint density at radius 1 is 0.641 bits per heavy atom. The van der Waals surface area contributed by atoms with Crippen molar-refractivity contribution in [3.8, 4) is 0 Å². The van der Waals surface area contributed by atoms with Crippen LogP contribution in [0.15, 0.2) is 11.5 Å². The molecule has 5 heterocycles. The molecule has 5 aliphatic heterocycles. The first kappa shape index (κ1) is 65.6. The van der Waals surface area contributed by atoms with Crippen molar-refractivity contribution in [1.29, 1.82) is 0 Å². The molecule has 4 saturated heterocycles. The highest BCUT2D eigenvalue weighted by molar-refractivity contribution is 7.80. The van der Waals surface area contributed by atoms with Crippen LogP contribution in [0.4, 0.5) is 0 Å². The Bertz CT molecular complexity index is 2210. The van der Waals surface area contributed by atoms with Crippen molar-refractivity contribution in [2.45, 2.75) is 166 Å². The number of aliphatic hydroxyl groups excluding tert-OH is 15. The van der Waals surface area contributed by atoms with Gasteiger partial charge in [0.2, 0.25) is 18.0 Å². The highest BCUT2D eigenvalue weighted by Crippen LogP contribution is 2.40. The summed E-state index contributed by atoms with van der Waals surface area (Å²) in [6.45, 7) is -5.39. The molecule has 78 heavy (non-hydrogen) atoms. The lowest BCUT2D eigenvalue weighted by Gasteiger charge is -2.49. The maximum Gasteiger partial charge on any atom is 0.470 e. The number of carboxylic acids is 2. The van der Waals surface area contributed by atoms with Gasteiger partial charge in [0, 0.05) is 6.92 Å². The minimum absolute atomic E-state index is 0.826. The number of rotatable bonds is 24. The number of carbonyl (C=O) groups excluding carboxylic acids is 1. The molecule has 5 aliphatic rings. The Kier molecular flexibility index (Phi) is 22.9. The molecule has 21 N–H and O–H groups in total. The van der Waals surface area contributed by atoms with Crippen LogP contribution in [0.1, 0.15) is 6.92 Å². The van der Waals surface area contributed by atoms with Crippen LogP contribution in [0.25, 0.3) is 0 Å². The first-order chi connectivity index (χ1) is 36.3. The molecule has 0 aromatic heterocycles. The smallest absolute Gasteiger partial charge is 0.470 e. The summed E-state index contributed by atoms with van der Waals surface area (Å²) in [5, 5.41) is 182. The minimum atomic E-state index is -5.40. The Morgan fingerprint density at radius 3 is 1.62 bits per heavy atom. The zero-order chi connectivity index (χ0) is 58.6. The molecule has 39 nitrogen and oxygen atoms in total. The van der Waals surface area contributed by atoms with E-state index in [9.17, 15) is 119 Å². The quantitative estimate of drug-likeness (QED) is 0.0315. The van der Waals surface area contributed by atoms with Gasteiger partial charge in [-0.2, -0.15) is 8.42 Å². The normalized spacial score (nSPS) is 41.1. The molecule has 0 aromatic carbocycles. The van der Waals surface area contributed by atoms with Gasteiger partial charge in [-0.25, -0.2) is 18.3 Å². The third kappa shape index (κ3) is 15.5. The van der Waals surface area contributed by atoms with Crippen LogP contribution in [0.2, 0.25) is 0 Å². The molecule has 0 spiro atoms. The standard InChI is InChI=1S/C37H60NO38PS/c1-7(43)38-13-25(70-34-21(51)18(48)19(49)29(74-34)31(55)56)17(47)12(6-65-78(62,63)64)69-33(13)73-28-20(50)22(52)35(75-30(28)32(57)58)71-27-16(46)10(4-41)68-37(24(27)54)72-26-15(45)9(3-40)67-36(23(26)53)66-8(2-39)14(44)11(5-42)76-77(59,60)61/h8-18,20-28,30,33-37,39-42,44-54H,2-6H2,1H3,(H,38,43)(H,55,56)(H,57,58)(H2,59,60,61)(H,62,63,64)/t8-,9-,10-,11+,12-,13-,14+,15+,16+,17+,18+,20-,21-,22-,23-,24-,25-,26+,27+,28+,30+,33+,34-,35-,36-,37+/m1/s1. The summed E-state index contributed by atoms with van der Waals surface area (Å²) in [6.07, 6.45) is -57.7. The molecule has 26 atom stereocenters. The number of phosphoric acid groups is 1. The number of aliphatic carboxylic acids is 2. The summed E-state index contributed by atoms with van der Waals surface area (Å²) >= 11 is 0. The zero-order valence-corrected chi connectivity index (χ0v) is 41.4. The molecule has 5 rings (SSSR count). The maximum absolute atomic E-state index is 12.8. The fourth-order valence-corrected chi connectivity index (χ4v) is 9.28. The van der Waals surface area contributed by atoms with E-state index in [2.05, 4.69) is 14.0 Å². The average molecular weight is 1190 g/mol. The van der Waals surface area contributed by atoms with Crippen molar-refractivity contribution in [3.05, 3.63) is 11.5 Å². The molecular weight excluding hydrogens is 1130 g/mol. The van der Waals surface area contributed by atoms with Crippen molar-refractivity contribution in [2.75, 3.05) is 33.0 Å². The Morgan fingerprint density at radius 2 is 1.13 bits per heavy atom. The van der Waals surface area contributed by atoms with E-state index in [-0.39, 0.29) is 0 Å². The van der Waals surface area contributed by atoms with Gasteiger partial charge in [0.15, 0.2) is 37.0 Å². The van der Waals surface area contributed by atoms with Crippen molar-refractivity contribution in [1.82, 2.24) is 5.32 Å². The molecular formula is C37H60NO38PS. The highest BCUT2D eigenvalue weighted by Gasteiger charge is 2.58. The number of carbonyl (C=O) groups is 3. The summed E-state index contributed by atoms with van der Waals surface area (Å²) in [4.78, 5) is 55.5. The molecule has 4 fully saturated rings. The first-order valence-corrected chi connectivity index (χ1v) is 25.5. The van der Waals surface area contributed by atoms with Crippen LogP contribution in [0.5, 0.6) is 0 Å². The summed E-state index contributed by atoms with van der Waals surface area (Å²) in [6, 6.07) is -2.11. The number of carboxylic acid groups (broad SMARTS) is 2. The highest BCUT2D eigenvalue weighted by atomic mass is 32.3. The van der Waals surface area contributed by atoms with Crippen LogP contribution < -0.4 is 5.32 Å². The molecule has 0 unspecified atom stereocenters. The van der Waals surface area contributed by atoms with Gasteiger partial charge in [-0.3, -0.25) is 13.9 Å². The van der Waals surface area contributed by atoms with Crippen LogP contribution >= 0.6 is 7.82 Å². The van der Waals surface area contributed by atoms with Gasteiger partial charge >= 0.3 is 30.2 Å². The number of nitrogens with one attached hydrogen (secondary N) is 1. The number of hydrogen-bond donors (Lipinski definition) is 21. The van der Waals surface area contributed by atoms with Crippen LogP contribution in [-0.4, -0.2) is 320 Å². The second-order valence-electron chi connectivity index (χ2n) is 17.6. The summed E-state index contributed by atoms with van der Waals surface area (Å²) in [7, 11) is -10.8. The molecule has 0 aromatic rings. The third-order valence-corrected chi connectivity index (χ3v) is 13.2. The summed E-state index contributed by atoms with van der Waals surface area (Å²) in [5.74, 6) is -8.01. The Balaban J connectivity index is 1.40. The van der Waals surface area contributed by atoms with E-state index in [0.29, 0.717) is 0 Å². The van der Waals surface area contributed by atoms with Crippen molar-refractivity contribution >= 4 is 36.1 Å². The predicted octanol–water partition coefficient (Wildman–Crippen LogP) is -12.5. The lowest BCUT2D eigenvalue weighted by Crippen LogP contribution is -2.70. The molecule has 452 valence electrons. The number of ether oxygens (including phenoxy) is 10. The second-order valence-corrected chi connectivity index (χ2v) is 19.9. The summed E-state index contributed by atoms with van der Waals surface area (Å²) in [5.41, 5.74) is 0. The monoisotopic (exact) mass is 1190 g/mol. The topological polar surface area (TPSA) is 630 Å². The van der Waals surface area contributed by atoms with Crippen molar-refractivity contribution in [3.63, 3.8) is 0 Å². The zero-order valence-electron chi connectivity index (χ0n) is 39.7. The van der Waals surface area contributed by atoms with Gasteiger partial charge in [-0.15, -0.1) is 0 Å². The minimum Gasteiger partial charge on any atom is -0.506 e. The number of phosphoric ester groups is 1. The molecule has 1 amide bonds. The SMILES string of the molecule is CC(=O)N[C@H]1[C@H](O[C@H]2[C@H](O)[C@@H](O)[C@H](O[C@H]3[C@@H](O)[C@@H](CO)O[C@@H](O[C@H]4[C@@H](O)[C@@H](CO)O[C@@H](O[C@H](CO)[C@H](O)[C@H](CO)OP(=O)(O)O)[C@@H]4O)[C@@H]3O)O[C@@H]2C(=O)O)O[C@H](COS(=O)(=O)O)[C@H](O)[C@@H]1O[C@@H]1OC(C(=O)O)=C(O)[C@H](O)[C@H]1O. The Labute approximate surface area is 436 Å². The lowest BCUT2D eigenvalue weighted by molar-refractivity contribution is -0.387. The maximum atomic E-state index is 12.8. The van der Waals surface area contributed by atoms with Crippen molar-refractivity contribution < 1.29 is 185 Å². The number of amides is 1. The van der Waals surface area contributed by atoms with E-state index in [4.69, 9.17) is 57.2 Å². The second kappa shape index (κ2) is 27.3. The lowest BCUT2D eigenvalue weighted by atomic mass is 9.94. The predicted molar refractivity (Wildman–Crippen MR) is 229 cm³/mol. The summed E-state index contributed by atoms with van der Waals surface area (Å²) < 4.78 is 107. The van der Waals surface area contributed by atoms with Crippen LogP contribution in [0, 0.1) is 0 Å². The first-order valence-electron chi connectivity index (χ1n) is 22.6. The van der Waals surface area contributed by atoms with Gasteiger partial charge in [0.25, 0.3) is 0 Å². The molecule has 0 saturated carbocycles. The molecule has 0 radical (unpaired) electrons. The van der Waals surface area contributed by atoms with Gasteiger partial charge in [-0.05, 0) is 0 Å². The van der Waals surface area contributed by atoms with Gasteiger partial charge < -0.3 is 149 Å². The van der Waals surface area contributed by atoms with Gasteiger partial charge in [0.1, 0.15) is 122 Å². The van der Waals surface area contributed by atoms with E-state index in [0.717, 1.165) is 6.92 Å². The van der Waals surface area contributed by atoms with E-state index in [1.54, 1.807) is 0 Å². The van der Waals surface area contributed by atoms with Crippen LogP contribution in [-0.2, 0) is 85.4 Å². The van der Waals surface area contributed by atoms with E-state index in [1.807, 2.05) is 0 Å². The number of aliphatic hydroxyl groups is 15. The van der Waals surface area contributed by atoms with Crippen molar-refractivity contribution in [2.24, 2.45) is 0 Å². The third-order valence-electron chi connectivity index (χ3n) is 12.3. The van der Waals surface area contributed by atoms with E-state index < -0.39 is 240 Å². The largest absolute Gasteiger partial charge is 0.506 e. The fourth-order valence-electron chi connectivity index (χ4n) is 8.43. The van der Waals surface area contributed by atoms with Gasteiger partial charge in [0.05, 0.1) is 33.0 Å². The van der Waals surface area contributed by atoms with Gasteiger partial charge in [-0.1, -0.05) is 0 Å². The number of hydrogen-bond acceptors (Lipinski definition) is 33. The molecule has 41 heteroatoms. The van der Waals surface area contributed by atoms with E-state index >= 15 is 0 Å². The van der Waals surface area contributed by atoms with Crippen LogP contribution in [0.3, 0.4) is 0 Å². The fraction of sp³-hybridized carbons (Fsp3) is 0.865. The molecule has 0 aliphatic carbocycles. The van der Waals surface area contributed by atoms with E-state index in [1.165, 1.54) is 0 Å². The Hall–Kier alpha value is -3.19. The average Bonchev–Trinajstić information content (AvgIpc) is 3.44.